The third kappa shape index (κ3) is 3.57. The lowest BCUT2D eigenvalue weighted by molar-refractivity contribution is 0.0512. The maximum absolute atomic E-state index is 12.4. The molecule has 1 amide bonds. The fourth-order valence-corrected chi connectivity index (χ4v) is 2.84. The number of carbonyl (C=O) groups excluding carboxylic acids is 1. The van der Waals surface area contributed by atoms with E-state index in [1.807, 2.05) is 26.1 Å². The highest BCUT2D eigenvalue weighted by molar-refractivity contribution is 5.93. The first-order valence-electron chi connectivity index (χ1n) is 7.74. The highest BCUT2D eigenvalue weighted by Crippen LogP contribution is 2.17. The van der Waals surface area contributed by atoms with Crippen LogP contribution in [0.5, 0.6) is 0 Å². The molecule has 0 radical (unpaired) electrons. The molecule has 1 saturated heterocycles. The molecule has 2 aromatic rings. The van der Waals surface area contributed by atoms with E-state index in [1.54, 1.807) is 18.5 Å². The van der Waals surface area contributed by atoms with E-state index in [1.165, 1.54) is 0 Å². The Morgan fingerprint density at radius 2 is 2.22 bits per heavy atom. The quantitative estimate of drug-likeness (QED) is 0.857. The van der Waals surface area contributed by atoms with Gasteiger partial charge in [0.05, 0.1) is 17.8 Å². The topological polar surface area (TPSA) is 83.1 Å². The van der Waals surface area contributed by atoms with Crippen LogP contribution in [0, 0.1) is 0 Å². The minimum absolute atomic E-state index is 0.0138. The highest BCUT2D eigenvalue weighted by Gasteiger charge is 2.32. The van der Waals surface area contributed by atoms with Gasteiger partial charge in [0.1, 0.15) is 5.69 Å². The summed E-state index contributed by atoms with van der Waals surface area (Å²) in [5, 5.41) is 10.0. The van der Waals surface area contributed by atoms with Crippen LogP contribution < -0.4 is 5.32 Å². The summed E-state index contributed by atoms with van der Waals surface area (Å²) in [6.07, 6.45) is 3.42. The number of aromatic nitrogens is 3. The minimum atomic E-state index is -0.164. The van der Waals surface area contributed by atoms with Gasteiger partial charge in [0, 0.05) is 37.7 Å². The Labute approximate surface area is 135 Å². The summed E-state index contributed by atoms with van der Waals surface area (Å²) in [7, 11) is 2.02. The Kier molecular flexibility index (Phi) is 4.68. The number of nitrogens with one attached hydrogen (secondary N) is 2. The van der Waals surface area contributed by atoms with Crippen molar-refractivity contribution in [3.63, 3.8) is 0 Å². The molecule has 3 rings (SSSR count). The van der Waals surface area contributed by atoms with E-state index >= 15 is 0 Å². The number of hydrogen-bond acceptors (Lipinski definition) is 5. The molecule has 0 aliphatic carbocycles. The molecule has 3 heterocycles. The number of aromatic amines is 1. The average Bonchev–Trinajstić information content (AvgIpc) is 3.16. The number of amides is 1. The largest absolute Gasteiger partial charge is 0.375 e. The Morgan fingerprint density at radius 1 is 1.43 bits per heavy atom. The van der Waals surface area contributed by atoms with E-state index in [2.05, 4.69) is 25.4 Å². The van der Waals surface area contributed by atoms with Crippen molar-refractivity contribution in [3.05, 3.63) is 36.3 Å². The predicted molar refractivity (Wildman–Crippen MR) is 86.0 cm³/mol. The predicted octanol–water partition coefficient (Wildman–Crippen LogP) is 0.921. The number of H-pyrrole nitrogens is 1. The number of ether oxygens (including phenoxy) is 1. The number of nitrogens with zero attached hydrogens (tertiary/aromatic N) is 3. The second kappa shape index (κ2) is 6.89. The Morgan fingerprint density at radius 3 is 2.96 bits per heavy atom. The number of likely N-dealkylation sites (N-methyl/N-ethyl adjacent to an activating group) is 1. The summed E-state index contributed by atoms with van der Waals surface area (Å²) in [4.78, 5) is 18.6. The third-order valence-electron chi connectivity index (χ3n) is 3.94. The molecule has 1 aliphatic heterocycles. The minimum Gasteiger partial charge on any atom is -0.375 e. The van der Waals surface area contributed by atoms with E-state index in [4.69, 9.17) is 4.74 Å². The van der Waals surface area contributed by atoms with E-state index in [0.29, 0.717) is 12.3 Å². The summed E-state index contributed by atoms with van der Waals surface area (Å²) in [6, 6.07) is 5.45. The lowest BCUT2D eigenvalue weighted by Crippen LogP contribution is -2.44. The molecule has 2 atom stereocenters. The molecule has 0 bridgehead atoms. The van der Waals surface area contributed by atoms with Gasteiger partial charge in [-0.25, -0.2) is 0 Å². The summed E-state index contributed by atoms with van der Waals surface area (Å²) in [5.74, 6) is -0.164. The smallest absolute Gasteiger partial charge is 0.269 e. The van der Waals surface area contributed by atoms with Gasteiger partial charge in [-0.1, -0.05) is 0 Å². The fraction of sp³-hybridized carbons (Fsp3) is 0.438. The SMILES string of the molecule is CCO[C@H]1CN(C)C[C@@H]1NC(=O)c1cc(-c2ccncc2)n[nH]1. The van der Waals surface area contributed by atoms with Crippen LogP contribution in [-0.2, 0) is 4.74 Å². The second-order valence-corrected chi connectivity index (χ2v) is 5.70. The molecule has 0 spiro atoms. The molecule has 2 aromatic heterocycles. The van der Waals surface area contributed by atoms with Crippen LogP contribution in [0.15, 0.2) is 30.6 Å². The molecule has 0 unspecified atom stereocenters. The van der Waals surface area contributed by atoms with Crippen molar-refractivity contribution in [3.8, 4) is 11.3 Å². The van der Waals surface area contributed by atoms with Gasteiger partial charge >= 0.3 is 0 Å². The molecule has 7 nitrogen and oxygen atoms in total. The first-order chi connectivity index (χ1) is 11.2. The van der Waals surface area contributed by atoms with E-state index < -0.39 is 0 Å². The van der Waals surface area contributed by atoms with Crippen molar-refractivity contribution in [2.24, 2.45) is 0 Å². The normalized spacial score (nSPS) is 21.5. The van der Waals surface area contributed by atoms with Crippen LogP contribution in [0.3, 0.4) is 0 Å². The first kappa shape index (κ1) is 15.6. The van der Waals surface area contributed by atoms with Crippen LogP contribution in [0.1, 0.15) is 17.4 Å². The molecule has 1 fully saturated rings. The molecular weight excluding hydrogens is 294 g/mol. The van der Waals surface area contributed by atoms with E-state index in [-0.39, 0.29) is 18.1 Å². The molecule has 1 aliphatic rings. The summed E-state index contributed by atoms with van der Waals surface area (Å²) in [5.41, 5.74) is 2.09. The van der Waals surface area contributed by atoms with Gasteiger partial charge < -0.3 is 15.0 Å². The summed E-state index contributed by atoms with van der Waals surface area (Å²) >= 11 is 0. The molecule has 23 heavy (non-hydrogen) atoms. The average molecular weight is 315 g/mol. The van der Waals surface area contributed by atoms with Crippen molar-refractivity contribution in [1.82, 2.24) is 25.4 Å². The first-order valence-corrected chi connectivity index (χ1v) is 7.74. The van der Waals surface area contributed by atoms with Crippen LogP contribution in [-0.4, -0.2) is 64.9 Å². The Balaban J connectivity index is 1.68. The maximum atomic E-state index is 12.4. The van der Waals surface area contributed by atoms with Crippen molar-refractivity contribution in [2.45, 2.75) is 19.1 Å². The molecule has 0 saturated carbocycles. The number of carbonyl (C=O) groups is 1. The third-order valence-corrected chi connectivity index (χ3v) is 3.94. The van der Waals surface area contributed by atoms with Crippen LogP contribution in [0.2, 0.25) is 0 Å². The van der Waals surface area contributed by atoms with Crippen molar-refractivity contribution in [1.29, 1.82) is 0 Å². The second-order valence-electron chi connectivity index (χ2n) is 5.70. The summed E-state index contributed by atoms with van der Waals surface area (Å²) in [6.45, 7) is 4.21. The molecule has 2 N–H and O–H groups in total. The van der Waals surface area contributed by atoms with Gasteiger partial charge in [0.15, 0.2) is 0 Å². The molecule has 122 valence electrons. The number of hydrogen-bond donors (Lipinski definition) is 2. The van der Waals surface area contributed by atoms with Gasteiger partial charge in [-0.05, 0) is 32.2 Å². The van der Waals surface area contributed by atoms with Crippen molar-refractivity contribution >= 4 is 5.91 Å². The lowest BCUT2D eigenvalue weighted by Gasteiger charge is -2.19. The van der Waals surface area contributed by atoms with Crippen molar-refractivity contribution in [2.75, 3.05) is 26.7 Å². The van der Waals surface area contributed by atoms with Gasteiger partial charge in [0.2, 0.25) is 0 Å². The van der Waals surface area contributed by atoms with Crippen molar-refractivity contribution < 1.29 is 9.53 Å². The molecule has 0 aromatic carbocycles. The summed E-state index contributed by atoms with van der Waals surface area (Å²) < 4.78 is 5.71. The Bertz CT molecular complexity index is 658. The van der Waals surface area contributed by atoms with E-state index in [9.17, 15) is 4.79 Å². The maximum Gasteiger partial charge on any atom is 0.269 e. The zero-order valence-corrected chi connectivity index (χ0v) is 13.3. The molecule has 7 heteroatoms. The number of pyridine rings is 1. The number of likely N-dealkylation sites (tertiary alicyclic amines) is 1. The number of rotatable bonds is 5. The van der Waals surface area contributed by atoms with E-state index in [0.717, 1.165) is 24.3 Å². The van der Waals surface area contributed by atoms with Crippen LogP contribution in [0.4, 0.5) is 0 Å². The lowest BCUT2D eigenvalue weighted by atomic mass is 10.2. The van der Waals surface area contributed by atoms with Crippen LogP contribution in [0.25, 0.3) is 11.3 Å². The zero-order valence-electron chi connectivity index (χ0n) is 13.3. The van der Waals surface area contributed by atoms with Crippen LogP contribution >= 0.6 is 0 Å². The molecular formula is C16H21N5O2. The fourth-order valence-electron chi connectivity index (χ4n) is 2.84. The monoisotopic (exact) mass is 315 g/mol. The highest BCUT2D eigenvalue weighted by atomic mass is 16.5. The van der Waals surface area contributed by atoms with Gasteiger partial charge in [-0.3, -0.25) is 14.9 Å². The standard InChI is InChI=1S/C16H21N5O2/c1-3-23-15-10-21(2)9-14(15)18-16(22)13-8-12(19-20-13)11-4-6-17-7-5-11/h4-8,14-15H,3,9-10H2,1-2H3,(H,18,22)(H,19,20)/t14-,15-/m0/s1. The van der Waals surface area contributed by atoms with Gasteiger partial charge in [0.25, 0.3) is 5.91 Å². The van der Waals surface area contributed by atoms with Gasteiger partial charge in [-0.2, -0.15) is 5.10 Å². The Hall–Kier alpha value is -2.25. The van der Waals surface area contributed by atoms with Gasteiger partial charge in [-0.15, -0.1) is 0 Å². The zero-order chi connectivity index (χ0) is 16.2.